The SMILES string of the molecule is O=C1[C@@H](c2ccc(O)cc2)[C@@H](c2ccc(F)cc2)N1CCCCc1ccccc1. The Morgan fingerprint density at radius 3 is 2.17 bits per heavy atom. The number of amides is 1. The molecule has 29 heavy (non-hydrogen) atoms. The molecule has 4 heteroatoms. The molecule has 0 unspecified atom stereocenters. The van der Waals surface area contributed by atoms with Crippen LogP contribution in [0.5, 0.6) is 5.75 Å². The molecular formula is C25H24FNO2. The molecule has 0 spiro atoms. The van der Waals surface area contributed by atoms with E-state index >= 15 is 0 Å². The number of hydrogen-bond donors (Lipinski definition) is 1. The number of halogens is 1. The van der Waals surface area contributed by atoms with Gasteiger partial charge in [0.15, 0.2) is 0 Å². The van der Waals surface area contributed by atoms with Crippen molar-refractivity contribution in [2.75, 3.05) is 6.54 Å². The average molecular weight is 389 g/mol. The summed E-state index contributed by atoms with van der Waals surface area (Å²) in [5.74, 6) is -0.313. The van der Waals surface area contributed by atoms with Gasteiger partial charge in [-0.3, -0.25) is 4.79 Å². The molecule has 3 aromatic carbocycles. The number of carbonyl (C=O) groups excluding carboxylic acids is 1. The summed E-state index contributed by atoms with van der Waals surface area (Å²) in [7, 11) is 0. The predicted molar refractivity (Wildman–Crippen MR) is 111 cm³/mol. The lowest BCUT2D eigenvalue weighted by molar-refractivity contribution is -0.150. The summed E-state index contributed by atoms with van der Waals surface area (Å²) < 4.78 is 13.4. The van der Waals surface area contributed by atoms with Crippen LogP contribution < -0.4 is 0 Å². The second kappa shape index (κ2) is 8.48. The van der Waals surface area contributed by atoms with Crippen molar-refractivity contribution in [3.63, 3.8) is 0 Å². The van der Waals surface area contributed by atoms with E-state index in [4.69, 9.17) is 0 Å². The molecule has 1 saturated heterocycles. The highest BCUT2D eigenvalue weighted by Gasteiger charge is 2.48. The maximum absolute atomic E-state index is 13.4. The molecule has 0 aliphatic carbocycles. The van der Waals surface area contributed by atoms with E-state index in [0.717, 1.165) is 30.4 Å². The van der Waals surface area contributed by atoms with Crippen molar-refractivity contribution in [2.24, 2.45) is 0 Å². The molecule has 1 heterocycles. The molecular weight excluding hydrogens is 365 g/mol. The van der Waals surface area contributed by atoms with Crippen molar-refractivity contribution in [1.29, 1.82) is 0 Å². The highest BCUT2D eigenvalue weighted by atomic mass is 19.1. The summed E-state index contributed by atoms with van der Waals surface area (Å²) in [5.41, 5.74) is 3.12. The quantitative estimate of drug-likeness (QED) is 0.444. The number of phenolic OH excluding ortho intramolecular Hbond substituents is 1. The Kier molecular flexibility index (Phi) is 5.61. The van der Waals surface area contributed by atoms with Gasteiger partial charge in [0.2, 0.25) is 5.91 Å². The van der Waals surface area contributed by atoms with Crippen LogP contribution in [0.15, 0.2) is 78.9 Å². The lowest BCUT2D eigenvalue weighted by Gasteiger charge is -2.48. The van der Waals surface area contributed by atoms with E-state index in [9.17, 15) is 14.3 Å². The average Bonchev–Trinajstić information content (AvgIpc) is 2.74. The highest BCUT2D eigenvalue weighted by Crippen LogP contribution is 2.46. The molecule has 1 amide bonds. The number of likely N-dealkylation sites (tertiary alicyclic amines) is 1. The molecule has 148 valence electrons. The van der Waals surface area contributed by atoms with Gasteiger partial charge in [-0.05, 0) is 60.2 Å². The van der Waals surface area contributed by atoms with Crippen LogP contribution in [-0.4, -0.2) is 22.5 Å². The zero-order valence-electron chi connectivity index (χ0n) is 16.2. The largest absolute Gasteiger partial charge is 0.508 e. The zero-order chi connectivity index (χ0) is 20.2. The van der Waals surface area contributed by atoms with Crippen LogP contribution in [-0.2, 0) is 11.2 Å². The smallest absolute Gasteiger partial charge is 0.233 e. The molecule has 4 rings (SSSR count). The van der Waals surface area contributed by atoms with Gasteiger partial charge < -0.3 is 10.0 Å². The molecule has 0 aromatic heterocycles. The van der Waals surface area contributed by atoms with Gasteiger partial charge in [-0.15, -0.1) is 0 Å². The van der Waals surface area contributed by atoms with Crippen LogP contribution in [0.4, 0.5) is 4.39 Å². The second-order valence-electron chi connectivity index (χ2n) is 7.54. The number of unbranched alkanes of at least 4 members (excludes halogenated alkanes) is 1. The van der Waals surface area contributed by atoms with Gasteiger partial charge in [0, 0.05) is 6.54 Å². The minimum atomic E-state index is -0.296. The number of aromatic hydroxyl groups is 1. The molecule has 1 aliphatic rings. The number of β-lactam (4-membered cyclic amide) rings is 1. The summed E-state index contributed by atoms with van der Waals surface area (Å²) >= 11 is 0. The normalized spacial score (nSPS) is 18.5. The molecule has 3 nitrogen and oxygen atoms in total. The first-order valence-corrected chi connectivity index (χ1v) is 10.0. The van der Waals surface area contributed by atoms with E-state index in [1.54, 1.807) is 36.4 Å². The van der Waals surface area contributed by atoms with Crippen molar-refractivity contribution < 1.29 is 14.3 Å². The van der Waals surface area contributed by atoms with E-state index < -0.39 is 0 Å². The van der Waals surface area contributed by atoms with Gasteiger partial charge >= 0.3 is 0 Å². The number of aryl methyl sites for hydroxylation is 1. The molecule has 3 aromatic rings. The summed E-state index contributed by atoms with van der Waals surface area (Å²) in [5, 5.41) is 9.56. The summed E-state index contributed by atoms with van der Waals surface area (Å²) in [4.78, 5) is 14.8. The van der Waals surface area contributed by atoms with E-state index in [1.807, 2.05) is 23.1 Å². The molecule has 1 fully saturated rings. The van der Waals surface area contributed by atoms with Gasteiger partial charge in [0.1, 0.15) is 11.6 Å². The number of hydrogen-bond acceptors (Lipinski definition) is 2. The fourth-order valence-electron chi connectivity index (χ4n) is 4.09. The first-order chi connectivity index (χ1) is 14.1. The Labute approximate surface area is 170 Å². The Bertz CT molecular complexity index is 954. The van der Waals surface area contributed by atoms with Crippen LogP contribution in [0.1, 0.15) is 41.5 Å². The summed E-state index contributed by atoms with van der Waals surface area (Å²) in [6.45, 7) is 0.683. The van der Waals surface area contributed by atoms with Crippen molar-refractivity contribution in [3.8, 4) is 5.75 Å². The number of phenols is 1. The fourth-order valence-corrected chi connectivity index (χ4v) is 4.09. The number of rotatable bonds is 7. The lowest BCUT2D eigenvalue weighted by atomic mass is 9.77. The monoisotopic (exact) mass is 389 g/mol. The van der Waals surface area contributed by atoms with Gasteiger partial charge in [0.25, 0.3) is 0 Å². The lowest BCUT2D eigenvalue weighted by Crippen LogP contribution is -2.53. The van der Waals surface area contributed by atoms with Crippen LogP contribution in [0, 0.1) is 5.82 Å². The van der Waals surface area contributed by atoms with E-state index in [2.05, 4.69) is 12.1 Å². The third-order valence-electron chi connectivity index (χ3n) is 5.62. The second-order valence-corrected chi connectivity index (χ2v) is 7.54. The first kappa shape index (κ1) is 19.2. The van der Waals surface area contributed by atoms with E-state index in [0.29, 0.717) is 6.54 Å². The molecule has 1 N–H and O–H groups in total. The maximum Gasteiger partial charge on any atom is 0.233 e. The minimum absolute atomic E-state index is 0.0877. The Morgan fingerprint density at radius 2 is 1.48 bits per heavy atom. The van der Waals surface area contributed by atoms with Gasteiger partial charge in [0.05, 0.1) is 12.0 Å². The number of carbonyl (C=O) groups is 1. The predicted octanol–water partition coefficient (Wildman–Crippen LogP) is 5.22. The van der Waals surface area contributed by atoms with Crippen LogP contribution >= 0.6 is 0 Å². The molecule has 0 bridgehead atoms. The molecule has 2 atom stereocenters. The minimum Gasteiger partial charge on any atom is -0.508 e. The maximum atomic E-state index is 13.4. The van der Waals surface area contributed by atoms with E-state index in [-0.39, 0.29) is 29.4 Å². The van der Waals surface area contributed by atoms with Crippen molar-refractivity contribution in [3.05, 3.63) is 101 Å². The van der Waals surface area contributed by atoms with Crippen molar-refractivity contribution >= 4 is 5.91 Å². The Morgan fingerprint density at radius 1 is 0.828 bits per heavy atom. The molecule has 0 radical (unpaired) electrons. The fraction of sp³-hybridized carbons (Fsp3) is 0.240. The number of benzene rings is 3. The topological polar surface area (TPSA) is 40.5 Å². The van der Waals surface area contributed by atoms with Crippen LogP contribution in [0.3, 0.4) is 0 Å². The van der Waals surface area contributed by atoms with Crippen LogP contribution in [0.25, 0.3) is 0 Å². The third-order valence-corrected chi connectivity index (χ3v) is 5.62. The molecule has 0 saturated carbocycles. The van der Waals surface area contributed by atoms with E-state index in [1.165, 1.54) is 17.7 Å². The van der Waals surface area contributed by atoms with Crippen molar-refractivity contribution in [2.45, 2.75) is 31.2 Å². The number of nitrogens with zero attached hydrogens (tertiary/aromatic N) is 1. The Hall–Kier alpha value is -3.14. The van der Waals surface area contributed by atoms with Gasteiger partial charge in [-0.1, -0.05) is 54.6 Å². The summed E-state index contributed by atoms with van der Waals surface area (Å²) in [6.07, 6.45) is 2.92. The Balaban J connectivity index is 1.47. The molecule has 1 aliphatic heterocycles. The zero-order valence-corrected chi connectivity index (χ0v) is 16.2. The standard InChI is InChI=1S/C25H24FNO2/c26-21-13-9-20(10-14-21)24-23(19-11-15-22(28)16-12-19)25(29)27(24)17-5-4-8-18-6-2-1-3-7-18/h1-3,6-7,9-16,23-24,28H,4-5,8,17H2/t23-,24+/m0/s1. The first-order valence-electron chi connectivity index (χ1n) is 10.0. The van der Waals surface area contributed by atoms with Gasteiger partial charge in [-0.2, -0.15) is 0 Å². The van der Waals surface area contributed by atoms with Crippen molar-refractivity contribution in [1.82, 2.24) is 4.90 Å². The van der Waals surface area contributed by atoms with Crippen LogP contribution in [0.2, 0.25) is 0 Å². The third kappa shape index (κ3) is 4.16. The highest BCUT2D eigenvalue weighted by molar-refractivity contribution is 5.91. The summed E-state index contributed by atoms with van der Waals surface area (Å²) in [6, 6.07) is 23.4. The van der Waals surface area contributed by atoms with Gasteiger partial charge in [-0.25, -0.2) is 4.39 Å².